The van der Waals surface area contributed by atoms with Gasteiger partial charge in [0.05, 0.1) is 26.2 Å². The zero-order valence-corrected chi connectivity index (χ0v) is 11.7. The quantitative estimate of drug-likeness (QED) is 0.748. The molecule has 5 nitrogen and oxygen atoms in total. The van der Waals surface area contributed by atoms with Gasteiger partial charge in [-0.15, -0.1) is 0 Å². The van der Waals surface area contributed by atoms with Crippen LogP contribution in [0.4, 0.5) is 4.39 Å². The number of ether oxygens (including phenoxy) is 1. The van der Waals surface area contributed by atoms with E-state index in [1.807, 2.05) is 12.3 Å². The first-order valence-corrected chi connectivity index (χ1v) is 6.80. The van der Waals surface area contributed by atoms with Crippen LogP contribution in [0.15, 0.2) is 42.7 Å². The normalized spacial score (nSPS) is 10.5. The Labute approximate surface area is 122 Å². The third kappa shape index (κ3) is 5.74. The lowest BCUT2D eigenvalue weighted by atomic mass is 10.1. The highest BCUT2D eigenvalue weighted by Crippen LogP contribution is 2.03. The van der Waals surface area contributed by atoms with Crippen molar-refractivity contribution >= 4 is 5.91 Å². The van der Waals surface area contributed by atoms with Gasteiger partial charge in [0.25, 0.3) is 0 Å². The van der Waals surface area contributed by atoms with E-state index in [2.05, 4.69) is 10.4 Å². The molecule has 2 aromatic rings. The molecule has 0 saturated heterocycles. The van der Waals surface area contributed by atoms with Crippen LogP contribution in [-0.2, 0) is 22.5 Å². The van der Waals surface area contributed by atoms with E-state index in [1.165, 1.54) is 12.1 Å². The van der Waals surface area contributed by atoms with Crippen molar-refractivity contribution in [1.82, 2.24) is 15.1 Å². The summed E-state index contributed by atoms with van der Waals surface area (Å²) in [7, 11) is 0. The SMILES string of the molecule is O=C(Cc1ccc(F)cc1)NCCOCCn1cccn1. The van der Waals surface area contributed by atoms with Crippen molar-refractivity contribution in [3.05, 3.63) is 54.1 Å². The highest BCUT2D eigenvalue weighted by Gasteiger charge is 2.02. The van der Waals surface area contributed by atoms with Gasteiger partial charge >= 0.3 is 0 Å². The summed E-state index contributed by atoms with van der Waals surface area (Å²) in [5, 5.41) is 6.81. The molecule has 0 saturated carbocycles. The number of rotatable bonds is 8. The van der Waals surface area contributed by atoms with Gasteiger partial charge in [0.15, 0.2) is 0 Å². The first-order valence-electron chi connectivity index (χ1n) is 6.80. The molecule has 2 rings (SSSR count). The molecule has 0 aliphatic heterocycles. The third-order valence-corrected chi connectivity index (χ3v) is 2.87. The Balaban J connectivity index is 1.54. The first-order chi connectivity index (χ1) is 10.2. The fraction of sp³-hybridized carbons (Fsp3) is 0.333. The Morgan fingerprint density at radius 1 is 1.29 bits per heavy atom. The second-order valence-corrected chi connectivity index (χ2v) is 4.53. The number of nitrogens with one attached hydrogen (secondary N) is 1. The molecule has 1 amide bonds. The maximum Gasteiger partial charge on any atom is 0.224 e. The van der Waals surface area contributed by atoms with E-state index in [0.717, 1.165) is 5.56 Å². The monoisotopic (exact) mass is 291 g/mol. The Kier molecular flexibility index (Phi) is 5.90. The van der Waals surface area contributed by atoms with Crippen LogP contribution in [0.1, 0.15) is 5.56 Å². The lowest BCUT2D eigenvalue weighted by Gasteiger charge is -2.07. The summed E-state index contributed by atoms with van der Waals surface area (Å²) in [5.41, 5.74) is 0.786. The zero-order valence-electron chi connectivity index (χ0n) is 11.7. The van der Waals surface area contributed by atoms with E-state index in [1.54, 1.807) is 23.0 Å². The molecule has 1 N–H and O–H groups in total. The molecule has 0 fully saturated rings. The number of halogens is 1. The topological polar surface area (TPSA) is 56.1 Å². The number of carbonyl (C=O) groups excluding carboxylic acids is 1. The van der Waals surface area contributed by atoms with Gasteiger partial charge in [0, 0.05) is 18.9 Å². The van der Waals surface area contributed by atoms with Crippen LogP contribution < -0.4 is 5.32 Å². The number of hydrogen-bond donors (Lipinski definition) is 1. The van der Waals surface area contributed by atoms with Crippen molar-refractivity contribution < 1.29 is 13.9 Å². The number of nitrogens with zero attached hydrogens (tertiary/aromatic N) is 2. The smallest absolute Gasteiger partial charge is 0.224 e. The van der Waals surface area contributed by atoms with E-state index < -0.39 is 0 Å². The molecule has 0 unspecified atom stereocenters. The number of carbonyl (C=O) groups is 1. The van der Waals surface area contributed by atoms with Gasteiger partial charge in [-0.25, -0.2) is 4.39 Å². The fourth-order valence-corrected chi connectivity index (χ4v) is 1.81. The van der Waals surface area contributed by atoms with Gasteiger partial charge < -0.3 is 10.1 Å². The summed E-state index contributed by atoms with van der Waals surface area (Å²) in [5.74, 6) is -0.401. The lowest BCUT2D eigenvalue weighted by Crippen LogP contribution is -2.29. The molecule has 0 atom stereocenters. The average molecular weight is 291 g/mol. The van der Waals surface area contributed by atoms with Crippen molar-refractivity contribution in [2.24, 2.45) is 0 Å². The number of aromatic nitrogens is 2. The van der Waals surface area contributed by atoms with Crippen LogP contribution in [0.5, 0.6) is 0 Å². The molecule has 112 valence electrons. The predicted octanol–water partition coefficient (Wildman–Crippen LogP) is 1.40. The van der Waals surface area contributed by atoms with E-state index in [-0.39, 0.29) is 18.1 Å². The van der Waals surface area contributed by atoms with Gasteiger partial charge in [-0.05, 0) is 23.8 Å². The highest BCUT2D eigenvalue weighted by atomic mass is 19.1. The van der Waals surface area contributed by atoms with Crippen LogP contribution in [0.3, 0.4) is 0 Å². The van der Waals surface area contributed by atoms with E-state index in [9.17, 15) is 9.18 Å². The van der Waals surface area contributed by atoms with Crippen LogP contribution in [0.2, 0.25) is 0 Å². The minimum atomic E-state index is -0.301. The summed E-state index contributed by atoms with van der Waals surface area (Å²) in [4.78, 5) is 11.6. The van der Waals surface area contributed by atoms with Crippen LogP contribution in [0.25, 0.3) is 0 Å². The molecular formula is C15H18FN3O2. The molecule has 0 aliphatic rings. The van der Waals surface area contributed by atoms with E-state index in [4.69, 9.17) is 4.74 Å². The van der Waals surface area contributed by atoms with E-state index in [0.29, 0.717) is 26.3 Å². The van der Waals surface area contributed by atoms with Crippen LogP contribution in [0, 0.1) is 5.82 Å². The second-order valence-electron chi connectivity index (χ2n) is 4.53. The fourth-order valence-electron chi connectivity index (χ4n) is 1.81. The molecule has 1 aromatic heterocycles. The summed E-state index contributed by atoms with van der Waals surface area (Å²) >= 11 is 0. The van der Waals surface area contributed by atoms with E-state index >= 15 is 0 Å². The summed E-state index contributed by atoms with van der Waals surface area (Å²) in [6, 6.07) is 7.77. The summed E-state index contributed by atoms with van der Waals surface area (Å²) in [6.45, 7) is 2.15. The van der Waals surface area contributed by atoms with Gasteiger partial charge in [-0.3, -0.25) is 9.48 Å². The zero-order chi connectivity index (χ0) is 14.9. The number of hydrogen-bond acceptors (Lipinski definition) is 3. The molecule has 0 bridgehead atoms. The largest absolute Gasteiger partial charge is 0.378 e. The van der Waals surface area contributed by atoms with Gasteiger partial charge in [-0.1, -0.05) is 12.1 Å². The van der Waals surface area contributed by atoms with Crippen molar-refractivity contribution in [3.8, 4) is 0 Å². The van der Waals surface area contributed by atoms with Gasteiger partial charge in [0.2, 0.25) is 5.91 Å². The van der Waals surface area contributed by atoms with Crippen molar-refractivity contribution in [2.45, 2.75) is 13.0 Å². The number of amides is 1. The minimum absolute atomic E-state index is 0.0997. The molecule has 0 radical (unpaired) electrons. The minimum Gasteiger partial charge on any atom is -0.378 e. The van der Waals surface area contributed by atoms with Gasteiger partial charge in [-0.2, -0.15) is 5.10 Å². The molecule has 21 heavy (non-hydrogen) atoms. The molecule has 1 heterocycles. The first kappa shape index (κ1) is 15.2. The summed E-state index contributed by atoms with van der Waals surface area (Å²) < 4.78 is 19.9. The van der Waals surface area contributed by atoms with Gasteiger partial charge in [0.1, 0.15) is 5.82 Å². The highest BCUT2D eigenvalue weighted by molar-refractivity contribution is 5.78. The Morgan fingerprint density at radius 3 is 2.81 bits per heavy atom. The number of benzene rings is 1. The molecular weight excluding hydrogens is 273 g/mol. The lowest BCUT2D eigenvalue weighted by molar-refractivity contribution is -0.120. The molecule has 6 heteroatoms. The third-order valence-electron chi connectivity index (χ3n) is 2.87. The Bertz CT molecular complexity index is 541. The van der Waals surface area contributed by atoms with Crippen LogP contribution >= 0.6 is 0 Å². The molecule has 0 spiro atoms. The van der Waals surface area contributed by atoms with Crippen molar-refractivity contribution in [3.63, 3.8) is 0 Å². The van der Waals surface area contributed by atoms with Crippen molar-refractivity contribution in [1.29, 1.82) is 0 Å². The molecule has 0 aliphatic carbocycles. The average Bonchev–Trinajstić information content (AvgIpc) is 2.98. The second kappa shape index (κ2) is 8.16. The summed E-state index contributed by atoms with van der Waals surface area (Å²) in [6.07, 6.45) is 3.83. The maximum atomic E-state index is 12.7. The maximum absolute atomic E-state index is 12.7. The predicted molar refractivity (Wildman–Crippen MR) is 76.2 cm³/mol. The Hall–Kier alpha value is -2.21. The van der Waals surface area contributed by atoms with Crippen molar-refractivity contribution in [2.75, 3.05) is 19.8 Å². The van der Waals surface area contributed by atoms with Crippen LogP contribution in [-0.4, -0.2) is 35.4 Å². The standard InChI is InChI=1S/C15H18FN3O2/c16-14-4-2-13(3-5-14)12-15(20)17-7-10-21-11-9-19-8-1-6-18-19/h1-6,8H,7,9-12H2,(H,17,20). The Morgan fingerprint density at radius 2 is 2.10 bits per heavy atom. The molecule has 1 aromatic carbocycles.